The van der Waals surface area contributed by atoms with Crippen LogP contribution in [0.5, 0.6) is 0 Å². The quantitative estimate of drug-likeness (QED) is 0.817. The van der Waals surface area contributed by atoms with Gasteiger partial charge in [0.1, 0.15) is 0 Å². The van der Waals surface area contributed by atoms with Crippen molar-refractivity contribution < 1.29 is 19.4 Å². The number of benzene rings is 1. The molecule has 0 atom stereocenters. The number of ether oxygens (including phenoxy) is 1. The van der Waals surface area contributed by atoms with Crippen molar-refractivity contribution in [3.05, 3.63) is 29.3 Å². The summed E-state index contributed by atoms with van der Waals surface area (Å²) in [6, 6.07) is 4.92. The van der Waals surface area contributed by atoms with Crippen LogP contribution in [0.4, 0.5) is 5.69 Å². The van der Waals surface area contributed by atoms with Gasteiger partial charge in [-0.05, 0) is 36.1 Å². The van der Waals surface area contributed by atoms with Crippen LogP contribution < -0.4 is 4.90 Å². The molecule has 5 heteroatoms. The molecular weight excluding hydrogens is 270 g/mol. The minimum atomic E-state index is -0.943. The fourth-order valence-electron chi connectivity index (χ4n) is 2.41. The zero-order chi connectivity index (χ0) is 15.4. The Kier molecular flexibility index (Phi) is 4.96. The molecule has 0 aromatic heterocycles. The van der Waals surface area contributed by atoms with E-state index in [-0.39, 0.29) is 11.5 Å². The molecule has 0 saturated heterocycles. The molecule has 0 radical (unpaired) electrons. The third-order valence-electron chi connectivity index (χ3n) is 3.44. The van der Waals surface area contributed by atoms with Crippen LogP contribution in [0.3, 0.4) is 0 Å². The first kappa shape index (κ1) is 15.5. The maximum absolute atomic E-state index is 12.1. The maximum Gasteiger partial charge on any atom is 0.335 e. The molecule has 1 amide bonds. The van der Waals surface area contributed by atoms with Gasteiger partial charge in [0.05, 0.1) is 12.2 Å². The van der Waals surface area contributed by atoms with E-state index >= 15 is 0 Å². The number of aryl methyl sites for hydroxylation is 1. The summed E-state index contributed by atoms with van der Waals surface area (Å²) >= 11 is 0. The van der Waals surface area contributed by atoms with Gasteiger partial charge in [-0.3, -0.25) is 4.79 Å². The summed E-state index contributed by atoms with van der Waals surface area (Å²) in [5, 5.41) is 9.03. The molecule has 2 rings (SSSR count). The highest BCUT2D eigenvalue weighted by molar-refractivity contribution is 5.97. The zero-order valence-corrected chi connectivity index (χ0v) is 12.5. The van der Waals surface area contributed by atoms with Gasteiger partial charge in [0.2, 0.25) is 5.91 Å². The third-order valence-corrected chi connectivity index (χ3v) is 3.44. The molecule has 1 heterocycles. The Morgan fingerprint density at radius 3 is 2.81 bits per heavy atom. The molecule has 1 aromatic rings. The van der Waals surface area contributed by atoms with Gasteiger partial charge < -0.3 is 14.7 Å². The number of amides is 1. The molecule has 5 nitrogen and oxygen atoms in total. The molecule has 114 valence electrons. The minimum absolute atomic E-state index is 0.0683. The van der Waals surface area contributed by atoms with Gasteiger partial charge >= 0.3 is 5.97 Å². The number of hydrogen-bond donors (Lipinski definition) is 1. The highest BCUT2D eigenvalue weighted by Crippen LogP contribution is 2.28. The number of aromatic carboxylic acids is 1. The van der Waals surface area contributed by atoms with Crippen molar-refractivity contribution in [2.75, 3.05) is 24.7 Å². The van der Waals surface area contributed by atoms with E-state index in [9.17, 15) is 9.59 Å². The van der Waals surface area contributed by atoms with Crippen LogP contribution in [0, 0.1) is 5.92 Å². The Balaban J connectivity index is 2.09. The van der Waals surface area contributed by atoms with E-state index in [4.69, 9.17) is 9.84 Å². The lowest BCUT2D eigenvalue weighted by Crippen LogP contribution is -2.37. The zero-order valence-electron chi connectivity index (χ0n) is 12.5. The Hall–Kier alpha value is -1.88. The Morgan fingerprint density at radius 1 is 1.38 bits per heavy atom. The van der Waals surface area contributed by atoms with E-state index < -0.39 is 5.97 Å². The van der Waals surface area contributed by atoms with Crippen molar-refractivity contribution in [2.24, 2.45) is 5.92 Å². The topological polar surface area (TPSA) is 66.8 Å². The highest BCUT2D eigenvalue weighted by atomic mass is 16.5. The van der Waals surface area contributed by atoms with E-state index in [2.05, 4.69) is 13.8 Å². The summed E-state index contributed by atoms with van der Waals surface area (Å²) in [5.41, 5.74) is 1.99. The van der Waals surface area contributed by atoms with Crippen LogP contribution in [0.2, 0.25) is 0 Å². The van der Waals surface area contributed by atoms with Crippen molar-refractivity contribution >= 4 is 17.6 Å². The second kappa shape index (κ2) is 6.72. The molecule has 21 heavy (non-hydrogen) atoms. The number of carboxylic acid groups (broad SMARTS) is 1. The smallest absolute Gasteiger partial charge is 0.335 e. The maximum atomic E-state index is 12.1. The molecule has 0 unspecified atom stereocenters. The molecule has 0 bridgehead atoms. The lowest BCUT2D eigenvalue weighted by Gasteiger charge is -2.29. The summed E-state index contributed by atoms with van der Waals surface area (Å²) in [7, 11) is 0. The lowest BCUT2D eigenvalue weighted by atomic mass is 9.99. The fourth-order valence-corrected chi connectivity index (χ4v) is 2.41. The largest absolute Gasteiger partial charge is 0.478 e. The van der Waals surface area contributed by atoms with E-state index in [0.717, 1.165) is 11.3 Å². The molecular formula is C16H21NO4. The van der Waals surface area contributed by atoms with Gasteiger partial charge in [0, 0.05) is 25.3 Å². The summed E-state index contributed by atoms with van der Waals surface area (Å²) in [4.78, 5) is 24.8. The van der Waals surface area contributed by atoms with Crippen LogP contribution in [0.25, 0.3) is 0 Å². The monoisotopic (exact) mass is 291 g/mol. The Labute approximate surface area is 124 Å². The molecule has 1 aliphatic rings. The third kappa shape index (κ3) is 3.82. The van der Waals surface area contributed by atoms with Crippen LogP contribution >= 0.6 is 0 Å². The first-order valence-electron chi connectivity index (χ1n) is 7.23. The van der Waals surface area contributed by atoms with Crippen molar-refractivity contribution in [1.82, 2.24) is 0 Å². The molecule has 1 N–H and O–H groups in total. The van der Waals surface area contributed by atoms with E-state index in [1.165, 1.54) is 0 Å². The molecule has 0 spiro atoms. The predicted octanol–water partition coefficient (Wildman–Crippen LogP) is 2.34. The number of hydrogen-bond acceptors (Lipinski definition) is 3. The van der Waals surface area contributed by atoms with Gasteiger partial charge in [0.25, 0.3) is 0 Å². The van der Waals surface area contributed by atoms with Gasteiger partial charge in [-0.1, -0.05) is 13.8 Å². The normalized spacial score (nSPS) is 14.4. The summed E-state index contributed by atoms with van der Waals surface area (Å²) < 4.78 is 5.54. The summed E-state index contributed by atoms with van der Waals surface area (Å²) in [6.07, 6.45) is 1.01. The number of anilines is 1. The van der Waals surface area contributed by atoms with Crippen LogP contribution in [-0.2, 0) is 16.0 Å². The fraction of sp³-hybridized carbons (Fsp3) is 0.500. The Morgan fingerprint density at radius 2 is 2.14 bits per heavy atom. The molecule has 1 aromatic carbocycles. The lowest BCUT2D eigenvalue weighted by molar-refractivity contribution is -0.119. The SMILES string of the molecule is CC(C)COCCN1C(=O)CCc2cc(C(=O)O)ccc21. The number of nitrogens with zero attached hydrogens (tertiary/aromatic N) is 1. The first-order chi connectivity index (χ1) is 9.99. The van der Waals surface area contributed by atoms with Crippen molar-refractivity contribution in [1.29, 1.82) is 0 Å². The van der Waals surface area contributed by atoms with Crippen LogP contribution in [0.15, 0.2) is 18.2 Å². The highest BCUT2D eigenvalue weighted by Gasteiger charge is 2.24. The second-order valence-corrected chi connectivity index (χ2v) is 5.66. The van der Waals surface area contributed by atoms with Gasteiger partial charge in [-0.2, -0.15) is 0 Å². The average Bonchev–Trinajstić information content (AvgIpc) is 2.44. The standard InChI is InChI=1S/C16H21NO4/c1-11(2)10-21-8-7-17-14-5-3-13(16(19)20)9-12(14)4-6-15(17)18/h3,5,9,11H,4,6-8,10H2,1-2H3,(H,19,20). The van der Waals surface area contributed by atoms with Crippen LogP contribution in [-0.4, -0.2) is 36.7 Å². The predicted molar refractivity (Wildman–Crippen MR) is 79.7 cm³/mol. The molecule has 0 saturated carbocycles. The average molecular weight is 291 g/mol. The number of carbonyl (C=O) groups excluding carboxylic acids is 1. The van der Waals surface area contributed by atoms with Gasteiger partial charge in [0.15, 0.2) is 0 Å². The number of carboxylic acids is 1. The second-order valence-electron chi connectivity index (χ2n) is 5.66. The van der Waals surface area contributed by atoms with Crippen molar-refractivity contribution in [3.63, 3.8) is 0 Å². The number of rotatable bonds is 6. The van der Waals surface area contributed by atoms with E-state index in [1.807, 2.05) is 0 Å². The molecule has 0 aliphatic carbocycles. The molecule has 0 fully saturated rings. The van der Waals surface area contributed by atoms with Crippen LogP contribution in [0.1, 0.15) is 36.2 Å². The molecule has 1 aliphatic heterocycles. The summed E-state index contributed by atoms with van der Waals surface area (Å²) in [5.74, 6) is -0.410. The van der Waals surface area contributed by atoms with Gasteiger partial charge in [-0.25, -0.2) is 4.79 Å². The Bertz CT molecular complexity index is 539. The van der Waals surface area contributed by atoms with E-state index in [1.54, 1.807) is 23.1 Å². The van der Waals surface area contributed by atoms with Crippen molar-refractivity contribution in [3.8, 4) is 0 Å². The summed E-state index contributed by atoms with van der Waals surface area (Å²) in [6.45, 7) is 5.82. The number of fused-ring (bicyclic) bond motifs is 1. The minimum Gasteiger partial charge on any atom is -0.478 e. The van der Waals surface area contributed by atoms with E-state index in [0.29, 0.717) is 38.5 Å². The first-order valence-corrected chi connectivity index (χ1v) is 7.23. The van der Waals surface area contributed by atoms with Crippen molar-refractivity contribution in [2.45, 2.75) is 26.7 Å². The number of carbonyl (C=O) groups is 2. The van der Waals surface area contributed by atoms with Gasteiger partial charge in [-0.15, -0.1) is 0 Å².